The Bertz CT molecular complexity index is 813. The number of likely N-dealkylation sites (tertiary alicyclic amines) is 1. The molecular formula is C25H39N4O+. The van der Waals surface area contributed by atoms with Crippen molar-refractivity contribution in [3.63, 3.8) is 0 Å². The highest BCUT2D eigenvalue weighted by atomic mass is 16.2. The Morgan fingerprint density at radius 1 is 1.20 bits per heavy atom. The van der Waals surface area contributed by atoms with Crippen LogP contribution < -0.4 is 9.88 Å². The molecule has 1 atom stereocenters. The van der Waals surface area contributed by atoms with E-state index in [1.165, 1.54) is 16.8 Å². The van der Waals surface area contributed by atoms with Crippen molar-refractivity contribution in [3.05, 3.63) is 48.0 Å². The van der Waals surface area contributed by atoms with Crippen LogP contribution in [0.2, 0.25) is 0 Å². The molecule has 30 heavy (non-hydrogen) atoms. The van der Waals surface area contributed by atoms with Gasteiger partial charge in [0.15, 0.2) is 0 Å². The molecule has 1 saturated heterocycles. The summed E-state index contributed by atoms with van der Waals surface area (Å²) in [6, 6.07) is 6.66. The van der Waals surface area contributed by atoms with Gasteiger partial charge in [-0.05, 0) is 31.1 Å². The summed E-state index contributed by atoms with van der Waals surface area (Å²) in [5.74, 6) is 1.11. The average molecular weight is 412 g/mol. The first-order chi connectivity index (χ1) is 14.4. The molecule has 5 heteroatoms. The molecule has 2 heterocycles. The van der Waals surface area contributed by atoms with Gasteiger partial charge in [-0.2, -0.15) is 0 Å². The van der Waals surface area contributed by atoms with Gasteiger partial charge in [0.25, 0.3) is 0 Å². The number of amides is 1. The minimum absolute atomic E-state index is 0.00752. The van der Waals surface area contributed by atoms with Crippen molar-refractivity contribution in [2.24, 2.45) is 0 Å². The van der Waals surface area contributed by atoms with E-state index in [4.69, 9.17) is 0 Å². The Morgan fingerprint density at radius 3 is 2.53 bits per heavy atom. The monoisotopic (exact) mass is 411 g/mol. The minimum Gasteiger partial charge on any atom is -0.355 e. The maximum atomic E-state index is 12.6. The Labute approximate surface area is 182 Å². The van der Waals surface area contributed by atoms with E-state index >= 15 is 0 Å². The predicted molar refractivity (Wildman–Crippen MR) is 122 cm³/mol. The maximum absolute atomic E-state index is 12.6. The van der Waals surface area contributed by atoms with Gasteiger partial charge in [-0.25, -0.2) is 9.13 Å². The van der Waals surface area contributed by atoms with Gasteiger partial charge in [0, 0.05) is 24.2 Å². The van der Waals surface area contributed by atoms with Crippen LogP contribution in [0.3, 0.4) is 0 Å². The first kappa shape index (κ1) is 22.5. The van der Waals surface area contributed by atoms with Gasteiger partial charge in [-0.15, -0.1) is 0 Å². The molecule has 1 aliphatic heterocycles. The predicted octanol–water partition coefficient (Wildman–Crippen LogP) is 4.35. The van der Waals surface area contributed by atoms with Crippen LogP contribution in [0.4, 0.5) is 0 Å². The molecule has 1 N–H and O–H groups in total. The molecule has 0 spiro atoms. The normalized spacial score (nSPS) is 17.2. The van der Waals surface area contributed by atoms with Gasteiger partial charge in [0.1, 0.15) is 24.7 Å². The number of carbonyl (C=O) groups excluding carboxylic acids is 1. The summed E-state index contributed by atoms with van der Waals surface area (Å²) in [7, 11) is 0. The number of carbonyl (C=O) groups is 1. The summed E-state index contributed by atoms with van der Waals surface area (Å²) in [6.07, 6.45) is 10.6. The zero-order chi connectivity index (χ0) is 21.7. The lowest BCUT2D eigenvalue weighted by Gasteiger charge is -2.21. The summed E-state index contributed by atoms with van der Waals surface area (Å²) in [5, 5.41) is 3.12. The van der Waals surface area contributed by atoms with E-state index in [0.29, 0.717) is 11.8 Å². The van der Waals surface area contributed by atoms with Crippen molar-refractivity contribution < 1.29 is 9.36 Å². The van der Waals surface area contributed by atoms with E-state index in [1.54, 1.807) is 0 Å². The van der Waals surface area contributed by atoms with Crippen molar-refractivity contribution in [2.75, 3.05) is 13.1 Å². The van der Waals surface area contributed by atoms with Crippen LogP contribution in [0.5, 0.6) is 0 Å². The lowest BCUT2D eigenvalue weighted by molar-refractivity contribution is -0.715. The second-order valence-corrected chi connectivity index (χ2v) is 9.19. The highest BCUT2D eigenvalue weighted by molar-refractivity contribution is 5.81. The summed E-state index contributed by atoms with van der Waals surface area (Å²) in [5.41, 5.74) is 4.05. The third-order valence-corrected chi connectivity index (χ3v) is 6.13. The second-order valence-electron chi connectivity index (χ2n) is 9.19. The minimum atomic E-state index is -0.00752. The average Bonchev–Trinajstić information content (AvgIpc) is 3.37. The van der Waals surface area contributed by atoms with Gasteiger partial charge in [0.05, 0.1) is 6.04 Å². The van der Waals surface area contributed by atoms with Crippen molar-refractivity contribution in [3.8, 4) is 5.69 Å². The molecule has 0 saturated carbocycles. The Balaban J connectivity index is 1.78. The van der Waals surface area contributed by atoms with Crippen molar-refractivity contribution in [1.29, 1.82) is 0 Å². The van der Waals surface area contributed by atoms with Crippen LogP contribution in [0.15, 0.2) is 36.9 Å². The van der Waals surface area contributed by atoms with E-state index in [0.717, 1.165) is 45.4 Å². The summed E-state index contributed by atoms with van der Waals surface area (Å²) in [6.45, 7) is 13.7. The number of unbranched alkanes of at least 4 members (excludes halogenated alkanes) is 1. The third-order valence-electron chi connectivity index (χ3n) is 6.13. The van der Waals surface area contributed by atoms with Gasteiger partial charge in [-0.3, -0.25) is 9.69 Å². The number of rotatable bonds is 9. The van der Waals surface area contributed by atoms with E-state index in [9.17, 15) is 4.79 Å². The number of nitrogens with one attached hydrogen (secondary N) is 1. The van der Waals surface area contributed by atoms with Gasteiger partial charge < -0.3 is 5.32 Å². The topological polar surface area (TPSA) is 41.2 Å². The number of aromatic nitrogens is 2. The lowest BCUT2D eigenvalue weighted by atomic mass is 9.92. The fraction of sp³-hybridized carbons (Fsp3) is 0.600. The molecular weight excluding hydrogens is 372 g/mol. The highest BCUT2D eigenvalue weighted by Crippen LogP contribution is 2.30. The van der Waals surface area contributed by atoms with Crippen molar-refractivity contribution in [2.45, 2.75) is 84.8 Å². The van der Waals surface area contributed by atoms with E-state index in [2.05, 4.69) is 90.9 Å². The largest absolute Gasteiger partial charge is 0.355 e. The highest BCUT2D eigenvalue weighted by Gasteiger charge is 2.32. The molecule has 0 unspecified atom stereocenters. The number of imidazole rings is 1. The van der Waals surface area contributed by atoms with Crippen LogP contribution in [0.25, 0.3) is 5.69 Å². The standard InChI is InChI=1S/C25H38N4O/c1-6-7-13-26-25(30)23-12-9-14-28(23)17-27-15-16-29(18-27)24-21(19(2)3)10-8-11-22(24)20(4)5/h8,10-11,15-16,18-20,23H,6-7,9,12-14,17H2,1-5H3/p+1/t23-/m0/s1. The lowest BCUT2D eigenvalue weighted by Crippen LogP contribution is -2.50. The second kappa shape index (κ2) is 10.3. The number of hydrogen-bond donors (Lipinski definition) is 1. The number of hydrogen-bond acceptors (Lipinski definition) is 2. The number of nitrogens with zero attached hydrogens (tertiary/aromatic N) is 3. The quantitative estimate of drug-likeness (QED) is 0.492. The molecule has 5 nitrogen and oxygen atoms in total. The molecule has 1 aromatic carbocycles. The molecule has 0 radical (unpaired) electrons. The van der Waals surface area contributed by atoms with Gasteiger partial charge >= 0.3 is 0 Å². The smallest absolute Gasteiger partial charge is 0.250 e. The SMILES string of the molecule is CCCCNC(=O)[C@@H]1CCCN1C[n+]1ccn(-c2c(C(C)C)cccc2C(C)C)c1. The molecule has 1 fully saturated rings. The summed E-state index contributed by atoms with van der Waals surface area (Å²) >= 11 is 0. The number of benzene rings is 1. The first-order valence-electron chi connectivity index (χ1n) is 11.6. The zero-order valence-electron chi connectivity index (χ0n) is 19.4. The first-order valence-corrected chi connectivity index (χ1v) is 11.6. The van der Waals surface area contributed by atoms with Crippen molar-refractivity contribution in [1.82, 2.24) is 14.8 Å². The van der Waals surface area contributed by atoms with Crippen LogP contribution in [0, 0.1) is 0 Å². The van der Waals surface area contributed by atoms with E-state index < -0.39 is 0 Å². The third kappa shape index (κ3) is 5.12. The fourth-order valence-corrected chi connectivity index (χ4v) is 4.43. The maximum Gasteiger partial charge on any atom is 0.250 e. The molecule has 1 amide bonds. The molecule has 0 aliphatic carbocycles. The number of para-hydroxylation sites is 1. The zero-order valence-corrected chi connectivity index (χ0v) is 19.4. The van der Waals surface area contributed by atoms with Crippen LogP contribution in [0.1, 0.15) is 83.3 Å². The molecule has 2 aromatic rings. The molecule has 3 rings (SSSR count). The van der Waals surface area contributed by atoms with Crippen LogP contribution >= 0.6 is 0 Å². The van der Waals surface area contributed by atoms with Gasteiger partial charge in [0.2, 0.25) is 12.2 Å². The fourth-order valence-electron chi connectivity index (χ4n) is 4.43. The van der Waals surface area contributed by atoms with E-state index in [1.807, 2.05) is 0 Å². The Kier molecular flexibility index (Phi) is 7.70. The van der Waals surface area contributed by atoms with Crippen LogP contribution in [-0.2, 0) is 11.5 Å². The Hall–Kier alpha value is -2.14. The van der Waals surface area contributed by atoms with Crippen molar-refractivity contribution >= 4 is 5.91 Å². The molecule has 0 bridgehead atoms. The Morgan fingerprint density at radius 2 is 1.90 bits per heavy atom. The summed E-state index contributed by atoms with van der Waals surface area (Å²) in [4.78, 5) is 14.9. The molecule has 164 valence electrons. The van der Waals surface area contributed by atoms with Crippen LogP contribution in [-0.4, -0.2) is 34.5 Å². The molecule has 1 aromatic heterocycles. The van der Waals surface area contributed by atoms with Gasteiger partial charge in [-0.1, -0.05) is 59.2 Å². The van der Waals surface area contributed by atoms with E-state index in [-0.39, 0.29) is 11.9 Å². The molecule has 1 aliphatic rings. The summed E-state index contributed by atoms with van der Waals surface area (Å²) < 4.78 is 4.47.